The molecule has 0 aliphatic carbocycles. The SMILES string of the molecule is c1cc(-c2cccc(N(c3ccc(-c4ccc5c(ccc6ccccc65)c4)cc3)c3ccc(-c4ccc5c(c4)oc4ccccc45)cc3)c2)cc(-c2cccc3ccccc23)c1. The average Bonchev–Trinajstić information content (AvgIpc) is 3.72. The molecule has 0 saturated carbocycles. The molecule has 0 amide bonds. The van der Waals surface area contributed by atoms with Gasteiger partial charge in [0.1, 0.15) is 11.2 Å². The summed E-state index contributed by atoms with van der Waals surface area (Å²) in [5, 5.41) is 9.84. The van der Waals surface area contributed by atoms with E-state index in [1.807, 2.05) is 12.1 Å². The second-order valence-corrected chi connectivity index (χ2v) is 16.1. The minimum atomic E-state index is 0.899. The van der Waals surface area contributed by atoms with Crippen molar-refractivity contribution in [3.63, 3.8) is 0 Å². The van der Waals surface area contributed by atoms with E-state index in [4.69, 9.17) is 4.42 Å². The van der Waals surface area contributed by atoms with Gasteiger partial charge in [-0.05, 0) is 144 Å². The van der Waals surface area contributed by atoms with E-state index in [1.165, 1.54) is 60.1 Å². The first kappa shape index (κ1) is 35.7. The van der Waals surface area contributed by atoms with Crippen LogP contribution in [-0.4, -0.2) is 0 Å². The summed E-state index contributed by atoms with van der Waals surface area (Å²) >= 11 is 0. The summed E-state index contributed by atoms with van der Waals surface area (Å²) in [5.74, 6) is 0. The highest BCUT2D eigenvalue weighted by Crippen LogP contribution is 2.40. The molecule has 0 aliphatic rings. The monoisotopic (exact) mass is 789 g/mol. The predicted octanol–water partition coefficient (Wildman–Crippen LogP) is 17.2. The Morgan fingerprint density at radius 1 is 0.242 bits per heavy atom. The van der Waals surface area contributed by atoms with Gasteiger partial charge >= 0.3 is 0 Å². The third kappa shape index (κ3) is 6.29. The standard InChI is InChI=1S/C60H39NO/c1-3-17-53-42(10-1)12-9-20-55(53)48-15-7-13-44(36-48)45-14-8-16-52(38-45)61(51-32-26-41(27-33-51)47-29-35-58-57-19-5-6-21-59(57)62-60(58)39-47)50-30-24-40(25-31-50)46-28-34-56-49(37-46)23-22-43-11-2-4-18-54(43)56/h1-39H. The summed E-state index contributed by atoms with van der Waals surface area (Å²) < 4.78 is 6.26. The molecule has 0 aliphatic heterocycles. The van der Waals surface area contributed by atoms with Crippen LogP contribution in [0.5, 0.6) is 0 Å². The maximum absolute atomic E-state index is 6.26. The molecule has 12 rings (SSSR count). The first-order chi connectivity index (χ1) is 30.7. The molecule has 0 saturated heterocycles. The van der Waals surface area contributed by atoms with E-state index in [9.17, 15) is 0 Å². The number of rotatable bonds is 7. The molecular formula is C60H39NO. The molecular weight excluding hydrogens is 751 g/mol. The van der Waals surface area contributed by atoms with Crippen molar-refractivity contribution in [2.24, 2.45) is 0 Å². The summed E-state index contributed by atoms with van der Waals surface area (Å²) in [7, 11) is 0. The molecule has 0 radical (unpaired) electrons. The van der Waals surface area contributed by atoms with E-state index in [1.54, 1.807) is 0 Å². The van der Waals surface area contributed by atoms with Crippen LogP contribution >= 0.6 is 0 Å². The van der Waals surface area contributed by atoms with Crippen LogP contribution in [0.15, 0.2) is 241 Å². The van der Waals surface area contributed by atoms with Gasteiger partial charge in [0.25, 0.3) is 0 Å². The van der Waals surface area contributed by atoms with Gasteiger partial charge in [-0.3, -0.25) is 0 Å². The lowest BCUT2D eigenvalue weighted by atomic mass is 9.95. The quantitative estimate of drug-likeness (QED) is 0.150. The van der Waals surface area contributed by atoms with Crippen molar-refractivity contribution in [2.45, 2.75) is 0 Å². The van der Waals surface area contributed by atoms with Gasteiger partial charge in [0, 0.05) is 27.8 Å². The Balaban J connectivity index is 0.931. The fraction of sp³-hybridized carbons (Fsp3) is 0. The van der Waals surface area contributed by atoms with Gasteiger partial charge in [0.05, 0.1) is 0 Å². The number of para-hydroxylation sites is 1. The summed E-state index contributed by atoms with van der Waals surface area (Å²) in [6.07, 6.45) is 0. The number of benzene rings is 11. The number of anilines is 3. The Bertz CT molecular complexity index is 3630. The van der Waals surface area contributed by atoms with Crippen molar-refractivity contribution >= 4 is 71.3 Å². The number of furan rings is 1. The molecule has 0 bridgehead atoms. The number of hydrogen-bond acceptors (Lipinski definition) is 2. The van der Waals surface area contributed by atoms with Gasteiger partial charge in [-0.15, -0.1) is 0 Å². The Kier molecular flexibility index (Phi) is 8.53. The van der Waals surface area contributed by atoms with Crippen LogP contribution in [0.1, 0.15) is 0 Å². The largest absolute Gasteiger partial charge is 0.456 e. The van der Waals surface area contributed by atoms with Crippen LogP contribution in [0.4, 0.5) is 17.1 Å². The molecule has 2 heteroatoms. The third-order valence-corrected chi connectivity index (χ3v) is 12.4. The molecule has 0 fully saturated rings. The molecule has 1 aromatic heterocycles. The van der Waals surface area contributed by atoms with Gasteiger partial charge in [-0.25, -0.2) is 0 Å². The normalized spacial score (nSPS) is 11.5. The molecule has 0 spiro atoms. The van der Waals surface area contributed by atoms with Crippen LogP contribution in [0.25, 0.3) is 98.8 Å². The second-order valence-electron chi connectivity index (χ2n) is 16.1. The molecule has 2 nitrogen and oxygen atoms in total. The van der Waals surface area contributed by atoms with Crippen LogP contribution in [-0.2, 0) is 0 Å². The van der Waals surface area contributed by atoms with Crippen molar-refractivity contribution < 1.29 is 4.42 Å². The van der Waals surface area contributed by atoms with E-state index in [0.29, 0.717) is 0 Å². The summed E-state index contributed by atoms with van der Waals surface area (Å²) in [6, 6.07) is 85.6. The van der Waals surface area contributed by atoms with Gasteiger partial charge in [0.15, 0.2) is 0 Å². The Morgan fingerprint density at radius 2 is 0.742 bits per heavy atom. The predicted molar refractivity (Wildman–Crippen MR) is 263 cm³/mol. The zero-order valence-electron chi connectivity index (χ0n) is 33.9. The van der Waals surface area contributed by atoms with Gasteiger partial charge in [-0.2, -0.15) is 0 Å². The summed E-state index contributed by atoms with van der Waals surface area (Å²) in [6.45, 7) is 0. The number of hydrogen-bond donors (Lipinski definition) is 0. The van der Waals surface area contributed by atoms with E-state index >= 15 is 0 Å². The lowest BCUT2D eigenvalue weighted by molar-refractivity contribution is 0.669. The first-order valence-electron chi connectivity index (χ1n) is 21.2. The highest BCUT2D eigenvalue weighted by Gasteiger charge is 2.16. The van der Waals surface area contributed by atoms with E-state index in [0.717, 1.165) is 55.7 Å². The number of fused-ring (bicyclic) bond motifs is 7. The Labute approximate surface area is 360 Å². The lowest BCUT2D eigenvalue weighted by Crippen LogP contribution is -2.10. The zero-order chi connectivity index (χ0) is 41.0. The van der Waals surface area contributed by atoms with E-state index < -0.39 is 0 Å². The zero-order valence-corrected chi connectivity index (χ0v) is 33.9. The van der Waals surface area contributed by atoms with Crippen LogP contribution in [0, 0.1) is 0 Å². The fourth-order valence-electron chi connectivity index (χ4n) is 9.32. The van der Waals surface area contributed by atoms with Crippen molar-refractivity contribution in [3.05, 3.63) is 237 Å². The van der Waals surface area contributed by atoms with Crippen molar-refractivity contribution in [1.29, 1.82) is 0 Å². The highest BCUT2D eigenvalue weighted by molar-refractivity contribution is 6.09. The Hall–Kier alpha value is -8.20. The van der Waals surface area contributed by atoms with E-state index in [-0.39, 0.29) is 0 Å². The fourth-order valence-corrected chi connectivity index (χ4v) is 9.32. The summed E-state index contributed by atoms with van der Waals surface area (Å²) in [4.78, 5) is 2.36. The maximum Gasteiger partial charge on any atom is 0.136 e. The number of nitrogens with zero attached hydrogens (tertiary/aromatic N) is 1. The maximum atomic E-state index is 6.26. The van der Waals surface area contributed by atoms with Crippen molar-refractivity contribution in [1.82, 2.24) is 0 Å². The smallest absolute Gasteiger partial charge is 0.136 e. The summed E-state index contributed by atoms with van der Waals surface area (Å²) in [5.41, 5.74) is 14.5. The van der Waals surface area contributed by atoms with Gasteiger partial charge < -0.3 is 9.32 Å². The first-order valence-corrected chi connectivity index (χ1v) is 21.2. The average molecular weight is 790 g/mol. The topological polar surface area (TPSA) is 16.4 Å². The molecule has 1 heterocycles. The molecule has 0 unspecified atom stereocenters. The van der Waals surface area contributed by atoms with Gasteiger partial charge in [0.2, 0.25) is 0 Å². The van der Waals surface area contributed by atoms with Crippen LogP contribution < -0.4 is 4.90 Å². The molecule has 290 valence electrons. The minimum Gasteiger partial charge on any atom is -0.456 e. The van der Waals surface area contributed by atoms with Crippen molar-refractivity contribution in [2.75, 3.05) is 4.90 Å². The second kappa shape index (κ2) is 14.8. The van der Waals surface area contributed by atoms with Crippen LogP contribution in [0.2, 0.25) is 0 Å². The highest BCUT2D eigenvalue weighted by atomic mass is 16.3. The lowest BCUT2D eigenvalue weighted by Gasteiger charge is -2.26. The van der Waals surface area contributed by atoms with Crippen LogP contribution in [0.3, 0.4) is 0 Å². The molecule has 12 aromatic rings. The minimum absolute atomic E-state index is 0.899. The van der Waals surface area contributed by atoms with Gasteiger partial charge in [-0.1, -0.05) is 170 Å². The van der Waals surface area contributed by atoms with Crippen molar-refractivity contribution in [3.8, 4) is 44.5 Å². The molecule has 62 heavy (non-hydrogen) atoms. The third-order valence-electron chi connectivity index (χ3n) is 12.4. The van der Waals surface area contributed by atoms with E-state index in [2.05, 4.69) is 229 Å². The molecule has 11 aromatic carbocycles. The molecule has 0 atom stereocenters. The Morgan fingerprint density at radius 3 is 1.52 bits per heavy atom. The molecule has 0 N–H and O–H groups in total.